The van der Waals surface area contributed by atoms with Crippen LogP contribution in [0.3, 0.4) is 0 Å². The zero-order chi connectivity index (χ0) is 17.0. The van der Waals surface area contributed by atoms with Crippen molar-refractivity contribution in [3.8, 4) is 0 Å². The van der Waals surface area contributed by atoms with Crippen molar-refractivity contribution >= 4 is 35.3 Å². The summed E-state index contributed by atoms with van der Waals surface area (Å²) in [5.74, 6) is -0.135. The maximum atomic E-state index is 12.6. The summed E-state index contributed by atoms with van der Waals surface area (Å²) in [5, 5.41) is 0.891. The number of nitrogens with zero attached hydrogens (tertiary/aromatic N) is 1. The number of carbonyl (C=O) groups excluding carboxylic acids is 2. The predicted molar refractivity (Wildman–Crippen MR) is 87.6 cm³/mol. The van der Waals surface area contributed by atoms with Gasteiger partial charge in [0.2, 0.25) is 5.91 Å². The van der Waals surface area contributed by atoms with Gasteiger partial charge in [-0.25, -0.2) is 4.79 Å². The van der Waals surface area contributed by atoms with E-state index in [9.17, 15) is 9.59 Å². The molecule has 2 unspecified atom stereocenters. The van der Waals surface area contributed by atoms with Crippen molar-refractivity contribution in [2.45, 2.75) is 32.9 Å². The van der Waals surface area contributed by atoms with E-state index < -0.39 is 12.4 Å². The van der Waals surface area contributed by atoms with E-state index in [0.29, 0.717) is 22.2 Å². The summed E-state index contributed by atoms with van der Waals surface area (Å²) in [4.78, 5) is 25.7. The van der Waals surface area contributed by atoms with Crippen molar-refractivity contribution in [1.82, 2.24) is 4.90 Å². The van der Waals surface area contributed by atoms with Crippen LogP contribution in [0.2, 0.25) is 10.0 Å². The smallest absolute Gasteiger partial charge is 0.435 e. The van der Waals surface area contributed by atoms with E-state index in [-0.39, 0.29) is 24.9 Å². The van der Waals surface area contributed by atoms with E-state index in [2.05, 4.69) is 0 Å². The summed E-state index contributed by atoms with van der Waals surface area (Å²) in [5.41, 5.74) is 0.579. The van der Waals surface area contributed by atoms with Crippen LogP contribution in [0.15, 0.2) is 18.2 Å². The lowest BCUT2D eigenvalue weighted by Gasteiger charge is -2.26. The summed E-state index contributed by atoms with van der Waals surface area (Å²) in [6.45, 7) is 4.37. The molecule has 1 aliphatic rings. The van der Waals surface area contributed by atoms with E-state index >= 15 is 0 Å². The molecule has 1 amide bonds. The third-order valence-corrected chi connectivity index (χ3v) is 4.52. The average molecular weight is 360 g/mol. The number of hydrogen-bond donors (Lipinski definition) is 0. The molecule has 0 N–H and O–H groups in total. The third kappa shape index (κ3) is 4.30. The van der Waals surface area contributed by atoms with Gasteiger partial charge in [-0.05, 0) is 31.0 Å². The molecule has 0 saturated carbocycles. The van der Waals surface area contributed by atoms with E-state index in [1.165, 1.54) is 0 Å². The summed E-state index contributed by atoms with van der Waals surface area (Å²) < 4.78 is 10.1. The molecule has 2 atom stereocenters. The average Bonchev–Trinajstić information content (AvgIpc) is 2.84. The first-order valence-corrected chi connectivity index (χ1v) is 8.25. The van der Waals surface area contributed by atoms with Crippen LogP contribution >= 0.6 is 23.2 Å². The van der Waals surface area contributed by atoms with Crippen molar-refractivity contribution < 1.29 is 19.1 Å². The second-order valence-corrected chi connectivity index (χ2v) is 6.24. The summed E-state index contributed by atoms with van der Waals surface area (Å²) >= 11 is 12.2. The van der Waals surface area contributed by atoms with Crippen LogP contribution in [0, 0.1) is 5.92 Å². The highest BCUT2D eigenvalue weighted by atomic mass is 35.5. The Morgan fingerprint density at radius 1 is 1.30 bits per heavy atom. The molecule has 0 aliphatic carbocycles. The molecule has 23 heavy (non-hydrogen) atoms. The van der Waals surface area contributed by atoms with Gasteiger partial charge in [0.25, 0.3) is 0 Å². The van der Waals surface area contributed by atoms with Gasteiger partial charge in [-0.3, -0.25) is 4.79 Å². The van der Waals surface area contributed by atoms with E-state index in [1.54, 1.807) is 30.0 Å². The fraction of sp³-hybridized carbons (Fsp3) is 0.500. The molecule has 1 saturated heterocycles. The van der Waals surface area contributed by atoms with Crippen LogP contribution in [-0.4, -0.2) is 36.3 Å². The van der Waals surface area contributed by atoms with Crippen LogP contribution in [0.5, 0.6) is 0 Å². The van der Waals surface area contributed by atoms with Gasteiger partial charge in [0, 0.05) is 22.5 Å². The van der Waals surface area contributed by atoms with Gasteiger partial charge < -0.3 is 14.4 Å². The number of likely N-dealkylation sites (tertiary alicyclic amines) is 1. The summed E-state index contributed by atoms with van der Waals surface area (Å²) in [7, 11) is 0. The number of ether oxygens (including phenoxy) is 2. The standard InChI is InChI=1S/C16H19Cl2NO4/c1-3-22-16(21)23-15-10(2)7-8-19(15)14(20)9-11-12(17)5-4-6-13(11)18/h4-6,10,15H,3,7-9H2,1-2H3. The third-order valence-electron chi connectivity index (χ3n) is 3.81. The number of hydrogen-bond acceptors (Lipinski definition) is 4. The topological polar surface area (TPSA) is 55.8 Å². The molecule has 0 spiro atoms. The molecule has 1 aliphatic heterocycles. The maximum Gasteiger partial charge on any atom is 0.510 e. The van der Waals surface area contributed by atoms with Crippen molar-refractivity contribution in [2.24, 2.45) is 5.92 Å². The summed E-state index contributed by atoms with van der Waals surface area (Å²) in [6, 6.07) is 5.10. The minimum Gasteiger partial charge on any atom is -0.435 e. The van der Waals surface area contributed by atoms with Gasteiger partial charge in [0.1, 0.15) is 0 Å². The van der Waals surface area contributed by atoms with Crippen LogP contribution in [0.4, 0.5) is 4.79 Å². The lowest BCUT2D eigenvalue weighted by molar-refractivity contribution is -0.140. The molecule has 126 valence electrons. The molecule has 0 radical (unpaired) electrons. The number of benzene rings is 1. The molecule has 5 nitrogen and oxygen atoms in total. The zero-order valence-corrected chi connectivity index (χ0v) is 14.6. The molecular formula is C16H19Cl2NO4. The molecule has 0 aromatic heterocycles. The fourth-order valence-corrected chi connectivity index (χ4v) is 3.10. The van der Waals surface area contributed by atoms with Crippen molar-refractivity contribution in [3.63, 3.8) is 0 Å². The van der Waals surface area contributed by atoms with Crippen LogP contribution in [-0.2, 0) is 20.7 Å². The molecule has 7 heteroatoms. The Labute approximate surface area is 145 Å². The van der Waals surface area contributed by atoms with E-state index in [0.717, 1.165) is 6.42 Å². The minimum absolute atomic E-state index is 0.0464. The number of halogens is 2. The Balaban J connectivity index is 2.09. The Bertz CT molecular complexity index is 573. The second kappa shape index (κ2) is 7.88. The molecule has 0 bridgehead atoms. The van der Waals surface area contributed by atoms with E-state index in [4.69, 9.17) is 32.7 Å². The lowest BCUT2D eigenvalue weighted by Crippen LogP contribution is -2.41. The molecule has 1 aromatic carbocycles. The monoisotopic (exact) mass is 359 g/mol. The highest BCUT2D eigenvalue weighted by Crippen LogP contribution is 2.29. The first-order chi connectivity index (χ1) is 10.9. The fourth-order valence-electron chi connectivity index (χ4n) is 2.57. The maximum absolute atomic E-state index is 12.6. The summed E-state index contributed by atoms with van der Waals surface area (Å²) in [6.07, 6.45) is -0.567. The van der Waals surface area contributed by atoms with Crippen LogP contribution in [0.25, 0.3) is 0 Å². The second-order valence-electron chi connectivity index (χ2n) is 5.42. The zero-order valence-electron chi connectivity index (χ0n) is 13.1. The lowest BCUT2D eigenvalue weighted by atomic mass is 10.1. The van der Waals surface area contributed by atoms with E-state index in [1.807, 2.05) is 6.92 Å². The molecule has 1 aromatic rings. The Morgan fingerprint density at radius 3 is 2.57 bits per heavy atom. The van der Waals surface area contributed by atoms with Crippen molar-refractivity contribution in [3.05, 3.63) is 33.8 Å². The SMILES string of the molecule is CCOC(=O)OC1C(C)CCN1C(=O)Cc1c(Cl)cccc1Cl. The molecule has 1 fully saturated rings. The number of carbonyl (C=O) groups is 2. The van der Waals surface area contributed by atoms with Crippen molar-refractivity contribution in [1.29, 1.82) is 0 Å². The van der Waals surface area contributed by atoms with Crippen LogP contribution in [0.1, 0.15) is 25.8 Å². The molecule has 2 rings (SSSR count). The van der Waals surface area contributed by atoms with Crippen LogP contribution < -0.4 is 0 Å². The minimum atomic E-state index is -0.764. The largest absolute Gasteiger partial charge is 0.510 e. The highest BCUT2D eigenvalue weighted by molar-refractivity contribution is 6.36. The number of rotatable bonds is 4. The normalized spacial score (nSPS) is 20.4. The van der Waals surface area contributed by atoms with Gasteiger partial charge in [-0.1, -0.05) is 36.2 Å². The van der Waals surface area contributed by atoms with Gasteiger partial charge in [-0.2, -0.15) is 0 Å². The Hall–Kier alpha value is -1.46. The quantitative estimate of drug-likeness (QED) is 0.764. The van der Waals surface area contributed by atoms with Gasteiger partial charge in [0.05, 0.1) is 13.0 Å². The van der Waals surface area contributed by atoms with Gasteiger partial charge in [0.15, 0.2) is 6.23 Å². The Kier molecular flexibility index (Phi) is 6.13. The molecule has 1 heterocycles. The predicted octanol–water partition coefficient (Wildman–Crippen LogP) is 3.90. The van der Waals surface area contributed by atoms with Gasteiger partial charge >= 0.3 is 6.16 Å². The Morgan fingerprint density at radius 2 is 1.96 bits per heavy atom. The number of amides is 1. The highest BCUT2D eigenvalue weighted by Gasteiger charge is 2.37. The van der Waals surface area contributed by atoms with Gasteiger partial charge in [-0.15, -0.1) is 0 Å². The van der Waals surface area contributed by atoms with Crippen molar-refractivity contribution in [2.75, 3.05) is 13.2 Å². The molecular weight excluding hydrogens is 341 g/mol. The first-order valence-electron chi connectivity index (χ1n) is 7.49. The first kappa shape index (κ1) is 17.9.